The monoisotopic (exact) mass is 374 g/mol. The minimum atomic E-state index is -0.965. The molecule has 114 valence electrons. The Morgan fingerprint density at radius 3 is 2.52 bits per heavy atom. The first-order valence-corrected chi connectivity index (χ1v) is 12.1. The summed E-state index contributed by atoms with van der Waals surface area (Å²) < 4.78 is 3.59. The van der Waals surface area contributed by atoms with E-state index in [1.54, 1.807) is 22.0 Å². The number of hydrogen-bond acceptors (Lipinski definition) is 0. The Kier molecular flexibility index (Phi) is 8.31. The van der Waals surface area contributed by atoms with Crippen molar-refractivity contribution in [3.05, 3.63) is 43.3 Å². The van der Waals surface area contributed by atoms with Gasteiger partial charge in [0.25, 0.3) is 0 Å². The third kappa shape index (κ3) is 4.26. The van der Waals surface area contributed by atoms with Crippen molar-refractivity contribution in [2.75, 3.05) is 0 Å². The van der Waals surface area contributed by atoms with Gasteiger partial charge in [-0.3, -0.25) is 0 Å². The van der Waals surface area contributed by atoms with Crippen LogP contribution in [0.1, 0.15) is 39.0 Å². The molecule has 0 aromatic carbocycles. The summed E-state index contributed by atoms with van der Waals surface area (Å²) in [6.07, 6.45) is 18.9. The van der Waals surface area contributed by atoms with Gasteiger partial charge in [0.05, 0.1) is 0 Å². The molecule has 0 nitrogen and oxygen atoms in total. The van der Waals surface area contributed by atoms with Crippen molar-refractivity contribution < 1.29 is 44.0 Å². The van der Waals surface area contributed by atoms with Gasteiger partial charge in [0.1, 0.15) is 0 Å². The normalized spacial score (nSPS) is 21.3. The van der Waals surface area contributed by atoms with Crippen LogP contribution in [0.4, 0.5) is 0 Å². The average Bonchev–Trinajstić information content (AvgIpc) is 3.01. The topological polar surface area (TPSA) is 0 Å². The molecule has 3 aliphatic rings. The molecule has 1 aliphatic heterocycles. The first-order valence-electron chi connectivity index (χ1n) is 7.87. The minimum absolute atomic E-state index is 0. The zero-order valence-corrected chi connectivity index (χ0v) is 16.9. The number of halogens is 2. The molecular weight excluding hydrogens is 351 g/mol. The summed E-state index contributed by atoms with van der Waals surface area (Å²) in [5.41, 5.74) is 0. The summed E-state index contributed by atoms with van der Waals surface area (Å²) in [6.45, 7) is 2.35. The van der Waals surface area contributed by atoms with E-state index < -0.39 is 8.07 Å². The molecule has 0 atom stereocenters. The van der Waals surface area contributed by atoms with Gasteiger partial charge in [-0.15, -0.1) is 0 Å². The van der Waals surface area contributed by atoms with Gasteiger partial charge in [-0.2, -0.15) is 0 Å². The van der Waals surface area contributed by atoms with E-state index in [1.165, 1.54) is 32.1 Å². The average molecular weight is 375 g/mol. The van der Waals surface area contributed by atoms with Crippen molar-refractivity contribution in [2.24, 2.45) is 0 Å². The molecule has 0 N–H and O–H groups in total. The van der Waals surface area contributed by atoms with Gasteiger partial charge in [0.15, 0.2) is 0 Å². The molecule has 4 heteroatoms. The Bertz CT molecular complexity index is 473. The van der Waals surface area contributed by atoms with E-state index in [0.29, 0.717) is 0 Å². The van der Waals surface area contributed by atoms with Crippen molar-refractivity contribution in [1.29, 1.82) is 0 Å². The van der Waals surface area contributed by atoms with E-state index >= 15 is 0 Å². The maximum absolute atomic E-state index is 2.51. The second-order valence-electron chi connectivity index (χ2n) is 6.19. The van der Waals surface area contributed by atoms with Crippen molar-refractivity contribution >= 4 is 8.07 Å². The Labute approximate surface area is 152 Å². The molecule has 3 rings (SSSR count). The van der Waals surface area contributed by atoms with Gasteiger partial charge in [0, 0.05) is 0 Å². The smallest absolute Gasteiger partial charge is 1.00 e. The predicted molar refractivity (Wildman–Crippen MR) is 82.3 cm³/mol. The standard InChI is InChI=1S/C12H19Si.C5H5.2ClH.Ti/c1-2-3-9-13(10-6-11-13)12-7-4-5-8-12;1-2-4-5-3-1;;;/h4-5H,2-3,6-7,9-11H2,1H3;1-3H,4H2;2*1H;/q;;;;+2/p-2. The molecule has 0 aromatic rings. The molecule has 0 spiro atoms. The van der Waals surface area contributed by atoms with E-state index in [2.05, 4.69) is 37.3 Å². The van der Waals surface area contributed by atoms with E-state index in [4.69, 9.17) is 0 Å². The molecule has 2 aliphatic carbocycles. The van der Waals surface area contributed by atoms with Gasteiger partial charge < -0.3 is 24.8 Å². The second-order valence-corrected chi connectivity index (χ2v) is 13.1. The number of allylic oxidation sites excluding steroid dienone is 8. The van der Waals surface area contributed by atoms with Crippen LogP contribution in [0.15, 0.2) is 43.3 Å². The predicted octanol–water partition coefficient (Wildman–Crippen LogP) is -0.673. The molecule has 0 bridgehead atoms. The molecule has 0 saturated carbocycles. The van der Waals surface area contributed by atoms with Crippen molar-refractivity contribution in [1.82, 2.24) is 0 Å². The molecule has 1 heterocycles. The van der Waals surface area contributed by atoms with Gasteiger partial charge >= 0.3 is 128 Å². The van der Waals surface area contributed by atoms with Crippen molar-refractivity contribution in [3.8, 4) is 0 Å². The van der Waals surface area contributed by atoms with Crippen LogP contribution in [0, 0.1) is 0 Å². The quantitative estimate of drug-likeness (QED) is 0.541. The van der Waals surface area contributed by atoms with E-state index in [0.717, 1.165) is 0 Å². The van der Waals surface area contributed by atoms with Crippen LogP contribution in [0.25, 0.3) is 0 Å². The Morgan fingerprint density at radius 2 is 1.95 bits per heavy atom. The summed E-state index contributed by atoms with van der Waals surface area (Å²) in [4.78, 5) is 0. The Morgan fingerprint density at radius 1 is 1.14 bits per heavy atom. The fraction of sp³-hybridized carbons (Fsp3) is 0.529. The van der Waals surface area contributed by atoms with Gasteiger partial charge in [-0.1, -0.05) is 0 Å². The Hall–Kier alpha value is 0.471. The molecular formula is C17H24Cl2SiTi. The number of hydrogen-bond donors (Lipinski definition) is 0. The molecule has 0 aromatic heterocycles. The Balaban J connectivity index is 0.00000110. The zero-order chi connectivity index (χ0) is 13.1. The van der Waals surface area contributed by atoms with Gasteiger partial charge in [0.2, 0.25) is 0 Å². The fourth-order valence-electron chi connectivity index (χ4n) is 3.66. The molecule has 1 saturated heterocycles. The first-order chi connectivity index (χ1) is 9.34. The van der Waals surface area contributed by atoms with Gasteiger partial charge in [-0.25, -0.2) is 0 Å². The largest absolute Gasteiger partial charge is 1.00 e. The molecule has 0 radical (unpaired) electrons. The maximum atomic E-state index is 2.51. The molecule has 0 amide bonds. The van der Waals surface area contributed by atoms with Crippen LogP contribution in [0.3, 0.4) is 0 Å². The van der Waals surface area contributed by atoms with Crippen LogP contribution >= 0.6 is 0 Å². The summed E-state index contributed by atoms with van der Waals surface area (Å²) >= 11 is 0.00156. The van der Waals surface area contributed by atoms with E-state index in [9.17, 15) is 0 Å². The van der Waals surface area contributed by atoms with Crippen LogP contribution in [-0.2, 0) is 19.2 Å². The summed E-state index contributed by atoms with van der Waals surface area (Å²) in [7, 11) is -0.965. The van der Waals surface area contributed by atoms with Crippen LogP contribution in [0.2, 0.25) is 18.1 Å². The third-order valence-electron chi connectivity index (χ3n) is 4.96. The summed E-state index contributed by atoms with van der Waals surface area (Å²) in [6, 6.07) is 4.81. The summed E-state index contributed by atoms with van der Waals surface area (Å²) in [5.74, 6) is 0. The van der Waals surface area contributed by atoms with E-state index in [-0.39, 0.29) is 44.0 Å². The fourth-order valence-corrected chi connectivity index (χ4v) is 11.9. The third-order valence-corrected chi connectivity index (χ3v) is 13.3. The van der Waals surface area contributed by atoms with Crippen molar-refractivity contribution in [2.45, 2.75) is 57.2 Å². The second kappa shape index (κ2) is 8.94. The molecule has 0 unspecified atom stereocenters. The summed E-state index contributed by atoms with van der Waals surface area (Å²) in [5, 5.41) is 2.00. The number of rotatable bonds is 6. The number of unbranched alkanes of at least 4 members (excludes halogenated alkanes) is 1. The van der Waals surface area contributed by atoms with Crippen LogP contribution in [0.5, 0.6) is 0 Å². The van der Waals surface area contributed by atoms with Crippen LogP contribution in [-0.4, -0.2) is 8.07 Å². The first kappa shape index (κ1) is 19.5. The van der Waals surface area contributed by atoms with E-state index in [1.807, 2.05) is 9.07 Å². The molecule has 21 heavy (non-hydrogen) atoms. The van der Waals surface area contributed by atoms with Crippen LogP contribution < -0.4 is 24.8 Å². The molecule has 1 fully saturated rings. The van der Waals surface area contributed by atoms with Gasteiger partial charge in [-0.05, 0) is 0 Å². The minimum Gasteiger partial charge on any atom is -1.00 e. The maximum Gasteiger partial charge on any atom is -1.00 e. The zero-order valence-electron chi connectivity index (χ0n) is 12.8. The SMILES string of the molecule is CCCC[Si]1(C2=[C]([Ti+2][C]3=CC=CC3)C=CC2)CCC1.[Cl-].[Cl-]. The van der Waals surface area contributed by atoms with Crippen molar-refractivity contribution in [3.63, 3.8) is 0 Å².